The van der Waals surface area contributed by atoms with E-state index in [-0.39, 0.29) is 24.2 Å². The Morgan fingerprint density at radius 3 is 2.74 bits per heavy atom. The fraction of sp³-hybridized carbons (Fsp3) is 0.571. The van der Waals surface area contributed by atoms with E-state index < -0.39 is 0 Å². The zero-order chi connectivity index (χ0) is 14.1. The highest BCUT2D eigenvalue weighted by Crippen LogP contribution is 2.21. The second-order valence-electron chi connectivity index (χ2n) is 4.42. The van der Waals surface area contributed by atoms with E-state index in [9.17, 15) is 4.39 Å². The maximum atomic E-state index is 13.6. The summed E-state index contributed by atoms with van der Waals surface area (Å²) in [5.41, 5.74) is 6.53. The van der Waals surface area contributed by atoms with Crippen LogP contribution in [0.4, 0.5) is 4.39 Å². The first-order valence-corrected chi connectivity index (χ1v) is 6.60. The number of aliphatic hydroxyl groups excluding tert-OH is 1. The lowest BCUT2D eigenvalue weighted by atomic mass is 10.1. The first-order chi connectivity index (χ1) is 9.22. The van der Waals surface area contributed by atoms with Crippen LogP contribution >= 0.6 is 0 Å². The van der Waals surface area contributed by atoms with Gasteiger partial charge in [0.25, 0.3) is 0 Å². The van der Waals surface area contributed by atoms with Gasteiger partial charge < -0.3 is 20.9 Å². The zero-order valence-corrected chi connectivity index (χ0v) is 11.4. The van der Waals surface area contributed by atoms with E-state index in [1.54, 1.807) is 6.07 Å². The quantitative estimate of drug-likeness (QED) is 0.596. The number of methoxy groups -OCH3 is 1. The summed E-state index contributed by atoms with van der Waals surface area (Å²) < 4.78 is 18.5. The number of ether oxygens (including phenoxy) is 1. The normalized spacial score (nSPS) is 12.4. The molecule has 4 nitrogen and oxygen atoms in total. The molecule has 0 saturated carbocycles. The summed E-state index contributed by atoms with van der Waals surface area (Å²) in [4.78, 5) is 0. The fourth-order valence-corrected chi connectivity index (χ4v) is 1.93. The number of unbranched alkanes of at least 4 members (excludes halogenated alkanes) is 2. The minimum absolute atomic E-state index is 0.0606. The Labute approximate surface area is 113 Å². The molecule has 0 aromatic heterocycles. The van der Waals surface area contributed by atoms with Crippen LogP contribution in [0.5, 0.6) is 5.75 Å². The van der Waals surface area contributed by atoms with E-state index in [1.165, 1.54) is 13.2 Å². The van der Waals surface area contributed by atoms with Gasteiger partial charge in [0.1, 0.15) is 0 Å². The van der Waals surface area contributed by atoms with Gasteiger partial charge in [-0.05, 0) is 43.5 Å². The van der Waals surface area contributed by atoms with Crippen LogP contribution in [0.3, 0.4) is 0 Å². The standard InChI is InChI=1S/C14H23FN2O2/c1-19-14-6-5-11(9-12(14)15)13(10-16)17-7-3-2-4-8-18/h5-6,9,13,17-18H,2-4,7-8,10,16H2,1H3. The van der Waals surface area contributed by atoms with Crippen molar-refractivity contribution in [2.45, 2.75) is 25.3 Å². The molecule has 0 fully saturated rings. The van der Waals surface area contributed by atoms with Crippen LogP contribution in [-0.4, -0.2) is 31.9 Å². The summed E-state index contributed by atoms with van der Waals surface area (Å²) in [6, 6.07) is 4.83. The maximum Gasteiger partial charge on any atom is 0.165 e. The molecule has 0 radical (unpaired) electrons. The number of nitrogens with one attached hydrogen (secondary N) is 1. The maximum absolute atomic E-state index is 13.6. The Kier molecular flexibility index (Phi) is 7.40. The van der Waals surface area contributed by atoms with Gasteiger partial charge in [0.15, 0.2) is 11.6 Å². The van der Waals surface area contributed by atoms with Crippen LogP contribution in [0.25, 0.3) is 0 Å². The van der Waals surface area contributed by atoms with Gasteiger partial charge in [0, 0.05) is 19.2 Å². The van der Waals surface area contributed by atoms with Crippen molar-refractivity contribution >= 4 is 0 Å². The number of benzene rings is 1. The van der Waals surface area contributed by atoms with Crippen molar-refractivity contribution in [3.05, 3.63) is 29.6 Å². The Morgan fingerprint density at radius 1 is 1.37 bits per heavy atom. The Morgan fingerprint density at radius 2 is 2.16 bits per heavy atom. The average molecular weight is 270 g/mol. The molecule has 0 saturated heterocycles. The minimum Gasteiger partial charge on any atom is -0.494 e. The number of rotatable bonds is 9. The molecule has 0 aliphatic heterocycles. The lowest BCUT2D eigenvalue weighted by molar-refractivity contribution is 0.282. The molecule has 0 amide bonds. The molecule has 19 heavy (non-hydrogen) atoms. The van der Waals surface area contributed by atoms with Gasteiger partial charge in [-0.2, -0.15) is 0 Å². The SMILES string of the molecule is COc1ccc(C(CN)NCCCCCO)cc1F. The van der Waals surface area contributed by atoms with E-state index in [1.807, 2.05) is 6.07 Å². The van der Waals surface area contributed by atoms with Crippen molar-refractivity contribution in [2.75, 3.05) is 26.8 Å². The van der Waals surface area contributed by atoms with Crippen molar-refractivity contribution < 1.29 is 14.2 Å². The lowest BCUT2D eigenvalue weighted by Gasteiger charge is -2.18. The molecular formula is C14H23FN2O2. The molecule has 4 N–H and O–H groups in total. The Balaban J connectivity index is 2.52. The van der Waals surface area contributed by atoms with Crippen molar-refractivity contribution in [1.29, 1.82) is 0 Å². The molecule has 1 aromatic rings. The van der Waals surface area contributed by atoms with Crippen LogP contribution in [0.1, 0.15) is 30.9 Å². The average Bonchev–Trinajstić information content (AvgIpc) is 2.43. The summed E-state index contributed by atoms with van der Waals surface area (Å²) >= 11 is 0. The molecular weight excluding hydrogens is 247 g/mol. The molecule has 0 heterocycles. The smallest absolute Gasteiger partial charge is 0.165 e. The topological polar surface area (TPSA) is 67.5 Å². The van der Waals surface area contributed by atoms with Crippen LogP contribution in [0.2, 0.25) is 0 Å². The molecule has 5 heteroatoms. The van der Waals surface area contributed by atoms with E-state index in [4.69, 9.17) is 15.6 Å². The highest BCUT2D eigenvalue weighted by atomic mass is 19.1. The van der Waals surface area contributed by atoms with Crippen LogP contribution < -0.4 is 15.8 Å². The van der Waals surface area contributed by atoms with Gasteiger partial charge in [-0.15, -0.1) is 0 Å². The van der Waals surface area contributed by atoms with E-state index in [0.29, 0.717) is 6.54 Å². The van der Waals surface area contributed by atoms with Crippen molar-refractivity contribution in [3.63, 3.8) is 0 Å². The molecule has 108 valence electrons. The van der Waals surface area contributed by atoms with E-state index in [2.05, 4.69) is 5.32 Å². The Hall–Kier alpha value is -1.17. The van der Waals surface area contributed by atoms with Crippen LogP contribution in [0, 0.1) is 5.82 Å². The largest absolute Gasteiger partial charge is 0.494 e. The Bertz CT molecular complexity index is 374. The van der Waals surface area contributed by atoms with Crippen LogP contribution in [0.15, 0.2) is 18.2 Å². The second-order valence-corrected chi connectivity index (χ2v) is 4.42. The molecule has 0 aliphatic rings. The zero-order valence-electron chi connectivity index (χ0n) is 11.4. The highest BCUT2D eigenvalue weighted by Gasteiger charge is 2.11. The first-order valence-electron chi connectivity index (χ1n) is 6.60. The molecule has 1 rings (SSSR count). The molecule has 1 aromatic carbocycles. The molecule has 0 bridgehead atoms. The predicted molar refractivity (Wildman–Crippen MR) is 73.7 cm³/mol. The summed E-state index contributed by atoms with van der Waals surface area (Å²) in [5.74, 6) is -0.136. The number of hydrogen-bond acceptors (Lipinski definition) is 4. The van der Waals surface area contributed by atoms with Crippen molar-refractivity contribution in [3.8, 4) is 5.75 Å². The van der Waals surface area contributed by atoms with Gasteiger partial charge >= 0.3 is 0 Å². The molecule has 0 spiro atoms. The molecule has 1 atom stereocenters. The minimum atomic E-state index is -0.375. The third-order valence-corrected chi connectivity index (χ3v) is 3.04. The van der Waals surface area contributed by atoms with Gasteiger partial charge in [-0.3, -0.25) is 0 Å². The monoisotopic (exact) mass is 270 g/mol. The lowest BCUT2D eigenvalue weighted by Crippen LogP contribution is -2.29. The third-order valence-electron chi connectivity index (χ3n) is 3.04. The fourth-order valence-electron chi connectivity index (χ4n) is 1.93. The van der Waals surface area contributed by atoms with E-state index in [0.717, 1.165) is 31.4 Å². The van der Waals surface area contributed by atoms with E-state index >= 15 is 0 Å². The first kappa shape index (κ1) is 15.9. The second kappa shape index (κ2) is 8.85. The number of hydrogen-bond donors (Lipinski definition) is 3. The van der Waals surface area contributed by atoms with Gasteiger partial charge in [-0.25, -0.2) is 4.39 Å². The van der Waals surface area contributed by atoms with Crippen molar-refractivity contribution in [2.24, 2.45) is 5.73 Å². The molecule has 1 unspecified atom stereocenters. The van der Waals surface area contributed by atoms with Gasteiger partial charge in [0.05, 0.1) is 7.11 Å². The van der Waals surface area contributed by atoms with Gasteiger partial charge in [0.2, 0.25) is 0 Å². The highest BCUT2D eigenvalue weighted by molar-refractivity contribution is 5.31. The predicted octanol–water partition coefficient (Wildman–Crippen LogP) is 1.59. The number of aliphatic hydroxyl groups is 1. The summed E-state index contributed by atoms with van der Waals surface area (Å²) in [7, 11) is 1.44. The molecule has 0 aliphatic carbocycles. The third kappa shape index (κ3) is 5.14. The number of nitrogens with two attached hydrogens (primary N) is 1. The van der Waals surface area contributed by atoms with Crippen molar-refractivity contribution in [1.82, 2.24) is 5.32 Å². The summed E-state index contributed by atoms with van der Waals surface area (Å²) in [5, 5.41) is 12.0. The summed E-state index contributed by atoms with van der Waals surface area (Å²) in [6.07, 6.45) is 2.75. The van der Waals surface area contributed by atoms with Gasteiger partial charge in [-0.1, -0.05) is 6.07 Å². The number of halogens is 1. The van der Waals surface area contributed by atoms with Crippen LogP contribution in [-0.2, 0) is 0 Å². The summed E-state index contributed by atoms with van der Waals surface area (Å²) in [6.45, 7) is 1.44.